The number of benzene rings is 1. The van der Waals surface area contributed by atoms with Crippen molar-refractivity contribution in [3.05, 3.63) is 50.5 Å². The van der Waals surface area contributed by atoms with Gasteiger partial charge in [-0.05, 0) is 42.6 Å². The van der Waals surface area contributed by atoms with Crippen LogP contribution in [0.2, 0.25) is 10.0 Å². The molecule has 2 aromatic rings. The molecule has 1 fully saturated rings. The second-order valence-electron chi connectivity index (χ2n) is 4.88. The highest BCUT2D eigenvalue weighted by molar-refractivity contribution is 9.10. The zero-order chi connectivity index (χ0) is 17.5. The molecule has 1 aromatic carbocycles. The molecule has 3 rings (SSSR count). The summed E-state index contributed by atoms with van der Waals surface area (Å²) in [6.07, 6.45) is 3.44. The summed E-state index contributed by atoms with van der Waals surface area (Å²) in [4.78, 5) is 14.8. The van der Waals surface area contributed by atoms with Crippen LogP contribution in [0.3, 0.4) is 0 Å². The zero-order valence-corrected chi connectivity index (χ0v) is 16.8. The molecule has 0 saturated carbocycles. The number of rotatable bonds is 3. The molecule has 0 atom stereocenters. The van der Waals surface area contributed by atoms with Crippen molar-refractivity contribution in [2.45, 2.75) is 6.42 Å². The Hall–Kier alpha value is -0.950. The van der Waals surface area contributed by atoms with Gasteiger partial charge in [-0.2, -0.15) is 0 Å². The van der Waals surface area contributed by atoms with E-state index in [1.54, 1.807) is 18.0 Å². The van der Waals surface area contributed by atoms with E-state index in [0.29, 0.717) is 10.6 Å². The van der Waals surface area contributed by atoms with Gasteiger partial charge in [-0.1, -0.05) is 39.1 Å². The molecule has 0 spiro atoms. The normalized spacial score (nSPS) is 13.2. The van der Waals surface area contributed by atoms with Crippen molar-refractivity contribution in [3.63, 3.8) is 0 Å². The topological polar surface area (TPSA) is 45.2 Å². The van der Waals surface area contributed by atoms with Crippen molar-refractivity contribution in [2.75, 3.05) is 29.0 Å². The second kappa shape index (κ2) is 9.51. The number of nitrogens with one attached hydrogen (secondary N) is 1. The number of carbonyl (C=O) groups excluding carboxylic acids is 1. The quantitative estimate of drug-likeness (QED) is 0.492. The molecule has 1 saturated heterocycles. The minimum Gasteiger partial charge on any atom is -0.388 e. The van der Waals surface area contributed by atoms with Crippen LogP contribution in [0.25, 0.3) is 0 Å². The van der Waals surface area contributed by atoms with E-state index in [1.807, 2.05) is 25.2 Å². The molecule has 1 N–H and O–H groups in total. The van der Waals surface area contributed by atoms with Gasteiger partial charge in [-0.3, -0.25) is 4.79 Å². The Balaban J connectivity index is 0.000000185. The first kappa shape index (κ1) is 19.4. The predicted octanol–water partition coefficient (Wildman–Crippen LogP) is 5.55. The zero-order valence-electron chi connectivity index (χ0n) is 12.9. The lowest BCUT2D eigenvalue weighted by Gasteiger charge is -2.14. The minimum atomic E-state index is 0.410. The summed E-state index contributed by atoms with van der Waals surface area (Å²) in [6.45, 7) is 0.984. The third-order valence-electron chi connectivity index (χ3n) is 3.16. The summed E-state index contributed by atoms with van der Waals surface area (Å²) >= 11 is 16.6. The molecular formula is C16H16BrCl2N3OS. The number of hydrogen-bond donors (Lipinski definition) is 1. The standard InChI is InChI=1S/C9H9ClN2OS.C7H7BrClN/c10-8-5-11-9(4-7(8)6-13)12-2-1-3-14-12;1-10-7-3-5(8)2-6(9)4-7/h4-6H,1-3H2;2-4,10H,1H3. The molecule has 1 aliphatic heterocycles. The van der Waals surface area contributed by atoms with Crippen LogP contribution in [0.5, 0.6) is 0 Å². The molecule has 0 bridgehead atoms. The van der Waals surface area contributed by atoms with Gasteiger partial charge in [-0.15, -0.1) is 0 Å². The molecule has 1 aromatic heterocycles. The lowest BCUT2D eigenvalue weighted by Crippen LogP contribution is -2.10. The molecule has 2 heterocycles. The number of nitrogens with zero attached hydrogens (tertiary/aromatic N) is 2. The fourth-order valence-electron chi connectivity index (χ4n) is 2.00. The average Bonchev–Trinajstić information content (AvgIpc) is 3.09. The van der Waals surface area contributed by atoms with Crippen LogP contribution in [0.15, 0.2) is 34.9 Å². The first-order chi connectivity index (χ1) is 11.5. The number of anilines is 2. The fraction of sp³-hybridized carbons (Fsp3) is 0.250. The number of carbonyl (C=O) groups is 1. The highest BCUT2D eigenvalue weighted by atomic mass is 79.9. The third-order valence-corrected chi connectivity index (χ3v) is 5.30. The Morgan fingerprint density at radius 1 is 1.33 bits per heavy atom. The molecule has 128 valence electrons. The van der Waals surface area contributed by atoms with Crippen LogP contribution in [-0.4, -0.2) is 30.6 Å². The summed E-state index contributed by atoms with van der Waals surface area (Å²) in [6, 6.07) is 7.41. The monoisotopic (exact) mass is 447 g/mol. The van der Waals surface area contributed by atoms with Gasteiger partial charge in [0.05, 0.1) is 5.02 Å². The number of aldehydes is 1. The summed E-state index contributed by atoms with van der Waals surface area (Å²) < 4.78 is 3.08. The van der Waals surface area contributed by atoms with E-state index >= 15 is 0 Å². The number of halogens is 3. The summed E-state index contributed by atoms with van der Waals surface area (Å²) in [5, 5.41) is 4.14. The highest BCUT2D eigenvalue weighted by Gasteiger charge is 2.15. The van der Waals surface area contributed by atoms with Crippen LogP contribution >= 0.6 is 51.1 Å². The van der Waals surface area contributed by atoms with Gasteiger partial charge in [0.1, 0.15) is 5.82 Å². The van der Waals surface area contributed by atoms with Crippen molar-refractivity contribution in [1.82, 2.24) is 4.98 Å². The van der Waals surface area contributed by atoms with Crippen molar-refractivity contribution in [3.8, 4) is 0 Å². The Labute approximate surface area is 164 Å². The van der Waals surface area contributed by atoms with Crippen LogP contribution < -0.4 is 9.62 Å². The molecule has 1 aliphatic rings. The molecular weight excluding hydrogens is 433 g/mol. The maximum Gasteiger partial charge on any atom is 0.151 e. The van der Waals surface area contributed by atoms with Crippen molar-refractivity contribution in [1.29, 1.82) is 0 Å². The Kier molecular flexibility index (Phi) is 7.68. The Morgan fingerprint density at radius 2 is 2.12 bits per heavy atom. The SMILES string of the molecule is CNc1cc(Cl)cc(Br)c1.O=Cc1cc(N2CCCS2)ncc1Cl. The molecule has 0 aliphatic carbocycles. The summed E-state index contributed by atoms with van der Waals surface area (Å²) in [7, 11) is 1.86. The maximum absolute atomic E-state index is 10.7. The van der Waals surface area contributed by atoms with Gasteiger partial charge in [-0.25, -0.2) is 4.98 Å². The Bertz CT molecular complexity index is 691. The average molecular weight is 449 g/mol. The smallest absolute Gasteiger partial charge is 0.151 e. The van der Waals surface area contributed by atoms with Crippen molar-refractivity contribution in [2.24, 2.45) is 0 Å². The van der Waals surface area contributed by atoms with Crippen LogP contribution in [0.4, 0.5) is 11.5 Å². The van der Waals surface area contributed by atoms with Gasteiger partial charge < -0.3 is 9.62 Å². The van der Waals surface area contributed by atoms with Gasteiger partial charge in [0.2, 0.25) is 0 Å². The fourth-order valence-corrected chi connectivity index (χ4v) is 3.97. The van der Waals surface area contributed by atoms with E-state index in [4.69, 9.17) is 23.2 Å². The number of pyridine rings is 1. The lowest BCUT2D eigenvalue weighted by atomic mass is 10.3. The molecule has 24 heavy (non-hydrogen) atoms. The number of aromatic nitrogens is 1. The van der Waals surface area contributed by atoms with Crippen molar-refractivity contribution < 1.29 is 4.79 Å². The van der Waals surface area contributed by atoms with Crippen LogP contribution in [-0.2, 0) is 0 Å². The largest absolute Gasteiger partial charge is 0.388 e. The van der Waals surface area contributed by atoms with Gasteiger partial charge >= 0.3 is 0 Å². The third kappa shape index (κ3) is 5.55. The first-order valence-electron chi connectivity index (χ1n) is 7.18. The summed E-state index contributed by atoms with van der Waals surface area (Å²) in [5.41, 5.74) is 1.52. The molecule has 8 heteroatoms. The molecule has 4 nitrogen and oxygen atoms in total. The van der Waals surface area contributed by atoms with E-state index in [9.17, 15) is 4.79 Å². The van der Waals surface area contributed by atoms with Gasteiger partial charge in [0.15, 0.2) is 6.29 Å². The second-order valence-corrected chi connectivity index (χ2v) is 7.75. The summed E-state index contributed by atoms with van der Waals surface area (Å²) in [5.74, 6) is 1.93. The van der Waals surface area contributed by atoms with E-state index < -0.39 is 0 Å². The Morgan fingerprint density at radius 3 is 2.71 bits per heavy atom. The number of hydrogen-bond acceptors (Lipinski definition) is 5. The highest BCUT2D eigenvalue weighted by Crippen LogP contribution is 2.28. The molecule has 0 unspecified atom stereocenters. The molecule has 0 radical (unpaired) electrons. The predicted molar refractivity (Wildman–Crippen MR) is 108 cm³/mol. The van der Waals surface area contributed by atoms with E-state index in [2.05, 4.69) is 30.5 Å². The van der Waals surface area contributed by atoms with Gasteiger partial charge in [0, 0.05) is 46.3 Å². The van der Waals surface area contributed by atoms with E-state index in [-0.39, 0.29) is 0 Å². The van der Waals surface area contributed by atoms with Crippen LogP contribution in [0.1, 0.15) is 16.8 Å². The van der Waals surface area contributed by atoms with E-state index in [0.717, 1.165) is 46.0 Å². The van der Waals surface area contributed by atoms with Gasteiger partial charge in [0.25, 0.3) is 0 Å². The van der Waals surface area contributed by atoms with Crippen LogP contribution in [0, 0.1) is 0 Å². The maximum atomic E-state index is 10.7. The lowest BCUT2D eigenvalue weighted by molar-refractivity contribution is 0.112. The first-order valence-corrected chi connectivity index (χ1v) is 9.67. The minimum absolute atomic E-state index is 0.410. The van der Waals surface area contributed by atoms with Crippen molar-refractivity contribution >= 4 is 68.9 Å². The molecule has 0 amide bonds. The van der Waals surface area contributed by atoms with E-state index in [1.165, 1.54) is 6.20 Å².